The second-order valence-corrected chi connectivity index (χ2v) is 7.76. The van der Waals surface area contributed by atoms with Gasteiger partial charge in [0.15, 0.2) is 0 Å². The average molecular weight is 386 g/mol. The molecule has 0 aliphatic carbocycles. The van der Waals surface area contributed by atoms with Crippen molar-refractivity contribution in [2.24, 2.45) is 0 Å². The maximum Gasteiger partial charge on any atom is 0.471 e. The van der Waals surface area contributed by atoms with E-state index in [0.717, 1.165) is 29.8 Å². The molecule has 2 N–H and O–H groups in total. The summed E-state index contributed by atoms with van der Waals surface area (Å²) in [5.41, 5.74) is -0.310. The van der Waals surface area contributed by atoms with Crippen molar-refractivity contribution in [1.29, 1.82) is 0 Å². The molecule has 0 aliphatic rings. The van der Waals surface area contributed by atoms with E-state index in [9.17, 15) is 26.4 Å². The van der Waals surface area contributed by atoms with Crippen LogP contribution in [0.3, 0.4) is 0 Å². The molecule has 0 saturated carbocycles. The zero-order valence-corrected chi connectivity index (χ0v) is 14.8. The molecule has 0 aliphatic heterocycles. The summed E-state index contributed by atoms with van der Waals surface area (Å²) in [5.74, 6) is -2.13. The van der Waals surface area contributed by atoms with Crippen LogP contribution in [0.25, 0.3) is 0 Å². The van der Waals surface area contributed by atoms with Crippen LogP contribution in [0, 0.1) is 0 Å². The smallest absolute Gasteiger partial charge is 0.318 e. The quantitative estimate of drug-likeness (QED) is 0.827. The molecular weight excluding hydrogens is 369 g/mol. The molecule has 0 saturated heterocycles. The molecule has 2 rings (SSSR count). The van der Waals surface area contributed by atoms with Crippen LogP contribution in [-0.2, 0) is 20.4 Å². The molecule has 2 aromatic rings. The predicted molar refractivity (Wildman–Crippen MR) is 90.9 cm³/mol. The fourth-order valence-electron chi connectivity index (χ4n) is 2.23. The highest BCUT2D eigenvalue weighted by atomic mass is 32.2. The summed E-state index contributed by atoms with van der Waals surface area (Å²) in [4.78, 5) is 10.8. The van der Waals surface area contributed by atoms with Gasteiger partial charge in [0, 0.05) is 5.69 Å². The Labute approximate surface area is 149 Å². The van der Waals surface area contributed by atoms with Gasteiger partial charge in [0.05, 0.1) is 10.4 Å². The van der Waals surface area contributed by atoms with Gasteiger partial charge >= 0.3 is 12.1 Å². The monoisotopic (exact) mass is 386 g/mol. The fourth-order valence-corrected chi connectivity index (χ4v) is 3.63. The summed E-state index contributed by atoms with van der Waals surface area (Å²) < 4.78 is 64.3. The van der Waals surface area contributed by atoms with E-state index in [2.05, 4.69) is 4.72 Å². The largest absolute Gasteiger partial charge is 0.471 e. The van der Waals surface area contributed by atoms with Crippen LogP contribution >= 0.6 is 0 Å². The third-order valence-corrected chi connectivity index (χ3v) is 5.24. The number of halogens is 3. The molecule has 2 aromatic carbocycles. The first kappa shape index (κ1) is 19.9. The number of carbonyl (C=O) groups excluding carboxylic acids is 1. The number of amides is 1. The minimum atomic E-state index is -5.02. The maximum absolute atomic E-state index is 12.5. The van der Waals surface area contributed by atoms with E-state index >= 15 is 0 Å². The first-order valence-electron chi connectivity index (χ1n) is 7.49. The second kappa shape index (κ2) is 7.08. The summed E-state index contributed by atoms with van der Waals surface area (Å²) in [5, 5.41) is 1.66. The van der Waals surface area contributed by atoms with Crippen LogP contribution < -0.4 is 10.0 Å². The summed E-state index contributed by atoms with van der Waals surface area (Å²) in [7, 11) is -3.92. The summed E-state index contributed by atoms with van der Waals surface area (Å²) in [6.45, 7) is 3.38. The lowest BCUT2D eigenvalue weighted by atomic mass is 9.96. The highest BCUT2D eigenvalue weighted by Gasteiger charge is 2.38. The highest BCUT2D eigenvalue weighted by Crippen LogP contribution is 2.24. The summed E-state index contributed by atoms with van der Waals surface area (Å²) in [6.07, 6.45) is -5.02. The number of sulfonamides is 1. The molecule has 0 spiro atoms. The molecule has 0 fully saturated rings. The van der Waals surface area contributed by atoms with Gasteiger partial charge in [0.2, 0.25) is 10.0 Å². The van der Waals surface area contributed by atoms with Crippen molar-refractivity contribution in [3.8, 4) is 0 Å². The molecule has 5 nitrogen and oxygen atoms in total. The van der Waals surface area contributed by atoms with Gasteiger partial charge < -0.3 is 5.32 Å². The number of hydrogen-bond acceptors (Lipinski definition) is 3. The number of rotatable bonds is 5. The molecule has 0 heterocycles. The Kier molecular flexibility index (Phi) is 5.43. The third kappa shape index (κ3) is 4.83. The Morgan fingerprint density at radius 1 is 0.923 bits per heavy atom. The number of hydrogen-bond donors (Lipinski definition) is 2. The van der Waals surface area contributed by atoms with Gasteiger partial charge in [0.1, 0.15) is 0 Å². The van der Waals surface area contributed by atoms with Crippen molar-refractivity contribution in [2.45, 2.75) is 30.5 Å². The number of carbonyl (C=O) groups is 1. The number of nitrogens with one attached hydrogen (secondary N) is 2. The van der Waals surface area contributed by atoms with E-state index in [1.807, 2.05) is 6.07 Å². The topological polar surface area (TPSA) is 75.3 Å². The Balaban J connectivity index is 2.18. The Hall–Kier alpha value is -2.39. The van der Waals surface area contributed by atoms with Crippen molar-refractivity contribution in [3.05, 3.63) is 60.2 Å². The van der Waals surface area contributed by atoms with Crippen molar-refractivity contribution >= 4 is 21.6 Å². The van der Waals surface area contributed by atoms with Gasteiger partial charge in [-0.3, -0.25) is 4.79 Å². The minimum absolute atomic E-state index is 0.133. The van der Waals surface area contributed by atoms with Crippen LogP contribution in [0.15, 0.2) is 59.5 Å². The average Bonchev–Trinajstić information content (AvgIpc) is 2.54. The SMILES string of the molecule is CC(C)(NS(=O)(=O)c1ccc(NC(=O)C(F)(F)F)cc1)c1ccccc1. The Bertz CT molecular complexity index is 878. The first-order chi connectivity index (χ1) is 11.9. The van der Waals surface area contributed by atoms with Crippen molar-refractivity contribution < 1.29 is 26.4 Å². The van der Waals surface area contributed by atoms with E-state index in [4.69, 9.17) is 0 Å². The molecular formula is C17H17F3N2O3S. The lowest BCUT2D eigenvalue weighted by Crippen LogP contribution is -2.40. The summed E-state index contributed by atoms with van der Waals surface area (Å²) in [6, 6.07) is 13.3. The van der Waals surface area contributed by atoms with Crippen LogP contribution in [0.4, 0.5) is 18.9 Å². The van der Waals surface area contributed by atoms with Crippen LogP contribution in [0.1, 0.15) is 19.4 Å². The van der Waals surface area contributed by atoms with Gasteiger partial charge in [-0.1, -0.05) is 30.3 Å². The number of alkyl halides is 3. The minimum Gasteiger partial charge on any atom is -0.318 e. The lowest BCUT2D eigenvalue weighted by molar-refractivity contribution is -0.167. The maximum atomic E-state index is 12.5. The molecule has 0 bridgehead atoms. The standard InChI is InChI=1S/C17H17F3N2O3S/c1-16(2,12-6-4-3-5-7-12)22-26(24,25)14-10-8-13(9-11-14)21-15(23)17(18,19)20/h3-11,22H,1-2H3,(H,21,23). The summed E-state index contributed by atoms with van der Waals surface area (Å²) >= 11 is 0. The Morgan fingerprint density at radius 2 is 1.46 bits per heavy atom. The number of benzene rings is 2. The first-order valence-corrected chi connectivity index (χ1v) is 8.98. The molecule has 9 heteroatoms. The van der Waals surface area contributed by atoms with Gasteiger partial charge in [-0.2, -0.15) is 13.2 Å². The lowest BCUT2D eigenvalue weighted by Gasteiger charge is -2.26. The zero-order valence-electron chi connectivity index (χ0n) is 14.0. The Morgan fingerprint density at radius 3 is 1.96 bits per heavy atom. The van der Waals surface area contributed by atoms with Gasteiger partial charge in [-0.05, 0) is 43.7 Å². The van der Waals surface area contributed by atoms with E-state index in [0.29, 0.717) is 0 Å². The van der Waals surface area contributed by atoms with Gasteiger partial charge in [-0.15, -0.1) is 0 Å². The number of anilines is 1. The highest BCUT2D eigenvalue weighted by molar-refractivity contribution is 7.89. The van der Waals surface area contributed by atoms with E-state index in [-0.39, 0.29) is 10.6 Å². The second-order valence-electron chi connectivity index (χ2n) is 6.07. The molecule has 26 heavy (non-hydrogen) atoms. The fraction of sp³-hybridized carbons (Fsp3) is 0.235. The molecule has 0 aromatic heterocycles. The van der Waals surface area contributed by atoms with E-state index in [1.54, 1.807) is 43.4 Å². The molecule has 0 unspecified atom stereocenters. The van der Waals surface area contributed by atoms with Crippen LogP contribution in [-0.4, -0.2) is 20.5 Å². The van der Waals surface area contributed by atoms with Crippen molar-refractivity contribution in [2.75, 3.05) is 5.32 Å². The van der Waals surface area contributed by atoms with Gasteiger partial charge in [0.25, 0.3) is 0 Å². The van der Waals surface area contributed by atoms with Crippen molar-refractivity contribution in [3.63, 3.8) is 0 Å². The molecule has 0 radical (unpaired) electrons. The van der Waals surface area contributed by atoms with E-state index in [1.165, 1.54) is 0 Å². The van der Waals surface area contributed by atoms with Gasteiger partial charge in [-0.25, -0.2) is 13.1 Å². The van der Waals surface area contributed by atoms with E-state index < -0.39 is 27.6 Å². The van der Waals surface area contributed by atoms with Crippen LogP contribution in [0.2, 0.25) is 0 Å². The van der Waals surface area contributed by atoms with Crippen molar-refractivity contribution in [1.82, 2.24) is 4.72 Å². The molecule has 140 valence electrons. The molecule has 1 amide bonds. The zero-order chi connectivity index (χ0) is 19.6. The predicted octanol–water partition coefficient (Wildman–Crippen LogP) is 3.40. The normalized spacial score (nSPS) is 12.7. The van der Waals surface area contributed by atoms with Crippen LogP contribution in [0.5, 0.6) is 0 Å². The third-order valence-electron chi connectivity index (χ3n) is 3.56. The molecule has 0 atom stereocenters.